The standard InChI is InChI=1S/C19H20Cl3NO/c1-3-23(4-2)11-15-8-12-7-14(21)9-17(19(12)24-15)16-6-5-13(20)10-18(16)22/h5-7,9-10,15H,3-4,8,11H2,1-2H3. The SMILES string of the molecule is CCN(CC)CC1Cc2cc(Cl)cc(-c3ccc(Cl)cc3Cl)c2O1. The van der Waals surface area contributed by atoms with E-state index in [0.717, 1.165) is 48.5 Å². The molecule has 0 saturated carbocycles. The molecule has 1 atom stereocenters. The van der Waals surface area contributed by atoms with E-state index in [0.29, 0.717) is 15.1 Å². The number of fused-ring (bicyclic) bond motifs is 1. The lowest BCUT2D eigenvalue weighted by Gasteiger charge is -2.22. The van der Waals surface area contributed by atoms with E-state index >= 15 is 0 Å². The molecule has 0 radical (unpaired) electrons. The van der Waals surface area contributed by atoms with Crippen LogP contribution in [0.1, 0.15) is 19.4 Å². The first kappa shape index (κ1) is 17.9. The molecule has 0 saturated heterocycles. The van der Waals surface area contributed by atoms with E-state index in [9.17, 15) is 0 Å². The van der Waals surface area contributed by atoms with E-state index in [2.05, 4.69) is 18.7 Å². The molecular formula is C19H20Cl3NO. The normalized spacial score (nSPS) is 16.3. The van der Waals surface area contributed by atoms with Crippen LogP contribution in [0.2, 0.25) is 15.1 Å². The largest absolute Gasteiger partial charge is 0.488 e. The molecule has 2 aromatic rings. The molecule has 0 bridgehead atoms. The van der Waals surface area contributed by atoms with Crippen molar-refractivity contribution in [3.05, 3.63) is 51.0 Å². The summed E-state index contributed by atoms with van der Waals surface area (Å²) in [6.07, 6.45) is 1.01. The minimum atomic E-state index is 0.142. The summed E-state index contributed by atoms with van der Waals surface area (Å²) in [6, 6.07) is 9.39. The third-order valence-electron chi connectivity index (χ3n) is 4.44. The van der Waals surface area contributed by atoms with Crippen LogP contribution in [0.5, 0.6) is 5.75 Å². The zero-order valence-corrected chi connectivity index (χ0v) is 16.0. The van der Waals surface area contributed by atoms with Crippen LogP contribution in [0.15, 0.2) is 30.3 Å². The van der Waals surface area contributed by atoms with Crippen molar-refractivity contribution in [2.75, 3.05) is 19.6 Å². The van der Waals surface area contributed by atoms with Crippen LogP contribution in [0.4, 0.5) is 0 Å². The van der Waals surface area contributed by atoms with Crippen molar-refractivity contribution in [1.29, 1.82) is 0 Å². The van der Waals surface area contributed by atoms with Gasteiger partial charge in [-0.15, -0.1) is 0 Å². The molecule has 24 heavy (non-hydrogen) atoms. The molecule has 2 nitrogen and oxygen atoms in total. The highest BCUT2D eigenvalue weighted by Gasteiger charge is 2.28. The topological polar surface area (TPSA) is 12.5 Å². The van der Waals surface area contributed by atoms with Crippen LogP contribution in [0.3, 0.4) is 0 Å². The maximum Gasteiger partial charge on any atom is 0.131 e. The molecule has 0 N–H and O–H groups in total. The van der Waals surface area contributed by atoms with Gasteiger partial charge in [-0.25, -0.2) is 0 Å². The van der Waals surface area contributed by atoms with E-state index in [1.165, 1.54) is 0 Å². The Balaban J connectivity index is 1.95. The molecule has 1 aliphatic rings. The second-order valence-electron chi connectivity index (χ2n) is 6.00. The van der Waals surface area contributed by atoms with Crippen LogP contribution in [0, 0.1) is 0 Å². The van der Waals surface area contributed by atoms with Crippen LogP contribution >= 0.6 is 34.8 Å². The van der Waals surface area contributed by atoms with Crippen molar-refractivity contribution >= 4 is 34.8 Å². The number of rotatable bonds is 5. The van der Waals surface area contributed by atoms with Gasteiger partial charge in [-0.05, 0) is 42.9 Å². The summed E-state index contributed by atoms with van der Waals surface area (Å²) in [5.41, 5.74) is 2.96. The Morgan fingerprint density at radius 2 is 1.75 bits per heavy atom. The second-order valence-corrected chi connectivity index (χ2v) is 7.28. The third-order valence-corrected chi connectivity index (χ3v) is 5.21. The average Bonchev–Trinajstić information content (AvgIpc) is 2.94. The van der Waals surface area contributed by atoms with E-state index < -0.39 is 0 Å². The molecule has 1 unspecified atom stereocenters. The molecule has 2 aromatic carbocycles. The Kier molecular flexibility index (Phi) is 5.61. The maximum absolute atomic E-state index is 6.39. The smallest absolute Gasteiger partial charge is 0.131 e. The summed E-state index contributed by atoms with van der Waals surface area (Å²) in [7, 11) is 0. The van der Waals surface area contributed by atoms with Gasteiger partial charge in [0.2, 0.25) is 0 Å². The first-order valence-electron chi connectivity index (χ1n) is 8.18. The van der Waals surface area contributed by atoms with Gasteiger partial charge in [-0.1, -0.05) is 54.7 Å². The lowest BCUT2D eigenvalue weighted by Crippen LogP contribution is -2.34. The Labute approximate surface area is 158 Å². The van der Waals surface area contributed by atoms with Crippen LogP contribution in [0.25, 0.3) is 11.1 Å². The van der Waals surface area contributed by atoms with Gasteiger partial charge in [0, 0.05) is 34.1 Å². The molecule has 1 heterocycles. The zero-order chi connectivity index (χ0) is 17.3. The Morgan fingerprint density at radius 1 is 1.00 bits per heavy atom. The summed E-state index contributed by atoms with van der Waals surface area (Å²) < 4.78 is 6.27. The van der Waals surface area contributed by atoms with E-state index in [1.54, 1.807) is 6.07 Å². The number of likely N-dealkylation sites (N-methyl/N-ethyl adjacent to an activating group) is 1. The minimum Gasteiger partial charge on any atom is -0.488 e. The fourth-order valence-electron chi connectivity index (χ4n) is 3.17. The Hall–Kier alpha value is -0.930. The van der Waals surface area contributed by atoms with Gasteiger partial charge in [-0.2, -0.15) is 0 Å². The number of hydrogen-bond acceptors (Lipinski definition) is 2. The van der Waals surface area contributed by atoms with Crippen molar-refractivity contribution in [2.45, 2.75) is 26.4 Å². The van der Waals surface area contributed by atoms with Gasteiger partial charge >= 0.3 is 0 Å². The van der Waals surface area contributed by atoms with Crippen molar-refractivity contribution in [3.63, 3.8) is 0 Å². The number of ether oxygens (including phenoxy) is 1. The monoisotopic (exact) mass is 383 g/mol. The fraction of sp³-hybridized carbons (Fsp3) is 0.368. The number of benzene rings is 2. The van der Waals surface area contributed by atoms with Crippen molar-refractivity contribution < 1.29 is 4.74 Å². The van der Waals surface area contributed by atoms with E-state index in [4.69, 9.17) is 39.5 Å². The molecule has 3 rings (SSSR count). The van der Waals surface area contributed by atoms with Gasteiger partial charge in [0.05, 0.1) is 5.02 Å². The predicted molar refractivity (Wildman–Crippen MR) is 103 cm³/mol. The quantitative estimate of drug-likeness (QED) is 0.630. The first-order valence-corrected chi connectivity index (χ1v) is 9.32. The first-order chi connectivity index (χ1) is 11.5. The van der Waals surface area contributed by atoms with Gasteiger partial charge < -0.3 is 9.64 Å². The second kappa shape index (κ2) is 7.53. The van der Waals surface area contributed by atoms with Gasteiger partial charge in [0.25, 0.3) is 0 Å². The summed E-state index contributed by atoms with van der Waals surface area (Å²) in [5, 5.41) is 1.91. The van der Waals surface area contributed by atoms with Crippen molar-refractivity contribution in [3.8, 4) is 16.9 Å². The molecule has 0 amide bonds. The van der Waals surface area contributed by atoms with E-state index in [1.807, 2.05) is 24.3 Å². The molecule has 1 aliphatic heterocycles. The number of halogens is 3. The van der Waals surface area contributed by atoms with Crippen molar-refractivity contribution in [2.24, 2.45) is 0 Å². The Morgan fingerprint density at radius 3 is 2.42 bits per heavy atom. The predicted octanol–water partition coefficient (Wildman–Crippen LogP) is 5.96. The number of nitrogens with zero attached hydrogens (tertiary/aromatic N) is 1. The molecule has 0 aromatic heterocycles. The third kappa shape index (κ3) is 3.67. The summed E-state index contributed by atoms with van der Waals surface area (Å²) in [5.74, 6) is 0.890. The average molecular weight is 385 g/mol. The highest BCUT2D eigenvalue weighted by molar-refractivity contribution is 6.36. The molecule has 0 aliphatic carbocycles. The molecule has 128 valence electrons. The lowest BCUT2D eigenvalue weighted by atomic mass is 10.0. The number of hydrogen-bond donors (Lipinski definition) is 0. The van der Waals surface area contributed by atoms with Gasteiger partial charge in [0.1, 0.15) is 11.9 Å². The summed E-state index contributed by atoms with van der Waals surface area (Å²) in [6.45, 7) is 7.28. The van der Waals surface area contributed by atoms with E-state index in [-0.39, 0.29) is 6.10 Å². The maximum atomic E-state index is 6.39. The minimum absolute atomic E-state index is 0.142. The zero-order valence-electron chi connectivity index (χ0n) is 13.8. The fourth-order valence-corrected chi connectivity index (χ4v) is 3.93. The van der Waals surface area contributed by atoms with Gasteiger partial charge in [-0.3, -0.25) is 0 Å². The van der Waals surface area contributed by atoms with Crippen molar-refractivity contribution in [1.82, 2.24) is 4.90 Å². The molecule has 0 spiro atoms. The van der Waals surface area contributed by atoms with Crippen LogP contribution < -0.4 is 4.74 Å². The molecular weight excluding hydrogens is 365 g/mol. The van der Waals surface area contributed by atoms with Crippen LogP contribution in [-0.4, -0.2) is 30.6 Å². The molecule has 5 heteroatoms. The lowest BCUT2D eigenvalue weighted by molar-refractivity contribution is 0.159. The van der Waals surface area contributed by atoms with Gasteiger partial charge in [0.15, 0.2) is 0 Å². The highest BCUT2D eigenvalue weighted by atomic mass is 35.5. The highest BCUT2D eigenvalue weighted by Crippen LogP contribution is 2.43. The summed E-state index contributed by atoms with van der Waals surface area (Å²) in [4.78, 5) is 2.37. The summed E-state index contributed by atoms with van der Waals surface area (Å²) >= 11 is 18.7. The Bertz CT molecular complexity index is 744. The molecule has 0 fully saturated rings. The van der Waals surface area contributed by atoms with Crippen LogP contribution in [-0.2, 0) is 6.42 Å².